The number of ketones is 1. The van der Waals surface area contributed by atoms with E-state index in [9.17, 15) is 31.5 Å². The maximum Gasteiger partial charge on any atom is 0.622 e. The number of Topliss-reactive ketones (excluding diaryl/α,β-unsaturated/α-hetero) is 1. The van der Waals surface area contributed by atoms with E-state index in [2.05, 4.69) is 9.35 Å². The Morgan fingerprint density at radius 2 is 1.07 bits per heavy atom. The zero-order valence-corrected chi connectivity index (χ0v) is 26.1. The van der Waals surface area contributed by atoms with Crippen LogP contribution in [0.1, 0.15) is 38.2 Å². The Balaban J connectivity index is 1.89. The number of hydrogen-bond acceptors (Lipinski definition) is 7. The lowest BCUT2D eigenvalue weighted by molar-refractivity contribution is -0.142. The normalized spacial score (nSPS) is 14.0. The molecule has 0 bridgehead atoms. The van der Waals surface area contributed by atoms with Crippen LogP contribution in [-0.4, -0.2) is 16.3 Å². The van der Waals surface area contributed by atoms with Crippen LogP contribution in [0.15, 0.2) is 97.1 Å². The molecule has 0 aromatic heterocycles. The number of benzene rings is 4. The fourth-order valence-corrected chi connectivity index (χ4v) is 6.77. The molecule has 0 aliphatic heterocycles. The summed E-state index contributed by atoms with van der Waals surface area (Å²) in [6.45, 7) is 0. The molecule has 4 aromatic carbocycles. The van der Waals surface area contributed by atoms with Gasteiger partial charge in [-0.1, -0.05) is 96.0 Å². The molecule has 45 heavy (non-hydrogen) atoms. The summed E-state index contributed by atoms with van der Waals surface area (Å²) in [5, 5.41) is 16.1. The number of carbonyl (C=O) groups is 1. The number of halogens is 6. The average Bonchev–Trinajstić information content (AvgIpc) is 3.03. The summed E-state index contributed by atoms with van der Waals surface area (Å²) < 4.78 is 88.4. The first-order valence-corrected chi connectivity index (χ1v) is 16.0. The van der Waals surface area contributed by atoms with Gasteiger partial charge in [0, 0.05) is 14.9 Å². The highest BCUT2D eigenvalue weighted by atomic mass is 35.5. The van der Waals surface area contributed by atoms with E-state index >= 15 is 0 Å². The Kier molecular flexibility index (Phi) is 10.9. The molecule has 15 heteroatoms. The van der Waals surface area contributed by atoms with Crippen LogP contribution in [0, 0.1) is 0 Å². The van der Waals surface area contributed by atoms with Gasteiger partial charge in [0.15, 0.2) is 5.78 Å². The third-order valence-electron chi connectivity index (χ3n) is 7.13. The first-order chi connectivity index (χ1) is 21.3. The van der Waals surface area contributed by atoms with Gasteiger partial charge < -0.3 is 0 Å². The quantitative estimate of drug-likeness (QED) is 0.0469. The van der Waals surface area contributed by atoms with E-state index in [-0.39, 0.29) is 12.8 Å². The van der Waals surface area contributed by atoms with Crippen LogP contribution in [0.5, 0.6) is 0 Å². The van der Waals surface area contributed by atoms with Crippen LogP contribution in [0.3, 0.4) is 0 Å². The second kappa shape index (κ2) is 14.1. The molecule has 234 valence electrons. The van der Waals surface area contributed by atoms with E-state index in [1.807, 2.05) is 0 Å². The second-order valence-electron chi connectivity index (χ2n) is 9.89. The minimum Gasteiger partial charge on any atom is -0.293 e. The van der Waals surface area contributed by atoms with Gasteiger partial charge in [-0.15, -0.1) is 17.6 Å². The van der Waals surface area contributed by atoms with E-state index in [0.717, 1.165) is 12.1 Å². The highest BCUT2D eigenvalue weighted by Gasteiger charge is 2.59. The average molecular weight is 703 g/mol. The van der Waals surface area contributed by atoms with Gasteiger partial charge in [-0.25, -0.2) is 10.5 Å². The molecule has 4 rings (SSSR count). The van der Waals surface area contributed by atoms with Gasteiger partial charge in [0.05, 0.1) is 26.6 Å². The summed E-state index contributed by atoms with van der Waals surface area (Å²) in [4.78, 5) is 14.5. The lowest BCUT2D eigenvalue weighted by Gasteiger charge is -2.34. The van der Waals surface area contributed by atoms with E-state index < -0.39 is 59.8 Å². The molecule has 0 aliphatic carbocycles. The van der Waals surface area contributed by atoms with Crippen molar-refractivity contribution in [1.82, 2.24) is 0 Å². The van der Waals surface area contributed by atoms with Crippen molar-refractivity contribution in [2.75, 3.05) is 0 Å². The Labute approximate surface area is 265 Å². The molecule has 0 aliphatic rings. The zero-order chi connectivity index (χ0) is 33.0. The largest absolute Gasteiger partial charge is 0.622 e. The molecule has 0 spiro atoms. The van der Waals surface area contributed by atoms with Crippen molar-refractivity contribution in [3.05, 3.63) is 140 Å². The molecular formula is C30H22Cl2F4O7P2+2. The molecule has 0 amide bonds. The molecule has 2 unspecified atom stereocenters. The van der Waals surface area contributed by atoms with Crippen molar-refractivity contribution in [3.63, 3.8) is 0 Å². The minimum atomic E-state index is -4.14. The van der Waals surface area contributed by atoms with Crippen molar-refractivity contribution in [2.24, 2.45) is 0 Å². The maximum absolute atomic E-state index is 14.6. The Bertz CT molecular complexity index is 1650. The van der Waals surface area contributed by atoms with Gasteiger partial charge in [0.2, 0.25) is 0 Å². The number of alkyl halides is 4. The van der Waals surface area contributed by atoms with E-state index in [4.69, 9.17) is 33.7 Å². The van der Waals surface area contributed by atoms with E-state index in [1.54, 1.807) is 60.7 Å². The predicted octanol–water partition coefficient (Wildman–Crippen LogP) is 10.2. The standard InChI is InChI=1S/C30H20Cl2F4O7P2/c31-25-15-19(11-13-23(25)29(33,34)44(40)42-38)17-28(22-9-5-2-6-10-22,27(37)21-7-3-1-4-8-21)18-20-12-14-24(26(32)16-20)30(35,36)45(41)43-39/h1-16H,17-18H2/p+2. The van der Waals surface area contributed by atoms with Crippen LogP contribution in [0.25, 0.3) is 0 Å². The third kappa shape index (κ3) is 7.17. The molecule has 4 aromatic rings. The fraction of sp³-hybridized carbons (Fsp3) is 0.167. The van der Waals surface area contributed by atoms with Crippen LogP contribution in [0.4, 0.5) is 17.6 Å². The molecular weight excluding hydrogens is 681 g/mol. The van der Waals surface area contributed by atoms with Crippen LogP contribution < -0.4 is 0 Å². The second-order valence-corrected chi connectivity index (χ2v) is 13.2. The summed E-state index contributed by atoms with van der Waals surface area (Å²) in [6, 6.07) is 23.3. The highest BCUT2D eigenvalue weighted by Crippen LogP contribution is 2.53. The topological polar surface area (TPSA) is 110 Å². The number of rotatable bonds is 13. The predicted molar refractivity (Wildman–Crippen MR) is 160 cm³/mol. The lowest BCUT2D eigenvalue weighted by atomic mass is 9.67. The molecule has 0 fully saturated rings. The minimum absolute atomic E-state index is 0.140. The highest BCUT2D eigenvalue weighted by molar-refractivity contribution is 7.40. The summed E-state index contributed by atoms with van der Waals surface area (Å²) in [5.41, 5.74) is -10.1. The van der Waals surface area contributed by atoms with Gasteiger partial charge in [0.25, 0.3) is 0 Å². The molecule has 0 saturated heterocycles. The van der Waals surface area contributed by atoms with Crippen LogP contribution in [-0.2, 0) is 48.1 Å². The molecule has 0 heterocycles. The lowest BCUT2D eigenvalue weighted by Crippen LogP contribution is -2.40. The Hall–Kier alpha value is -3.11. The Morgan fingerprint density at radius 1 is 0.667 bits per heavy atom. The van der Waals surface area contributed by atoms with E-state index in [1.165, 1.54) is 24.3 Å². The summed E-state index contributed by atoms with van der Waals surface area (Å²) in [7, 11) is -7.71. The van der Waals surface area contributed by atoms with Crippen molar-refractivity contribution >= 4 is 45.0 Å². The van der Waals surface area contributed by atoms with Gasteiger partial charge in [0.1, 0.15) is 0 Å². The first-order valence-electron chi connectivity index (χ1n) is 12.8. The van der Waals surface area contributed by atoms with Crippen molar-refractivity contribution in [1.29, 1.82) is 0 Å². The van der Waals surface area contributed by atoms with Gasteiger partial charge in [-0.05, 0) is 62.9 Å². The monoisotopic (exact) mass is 702 g/mol. The van der Waals surface area contributed by atoms with Gasteiger partial charge in [-0.2, -0.15) is 0 Å². The van der Waals surface area contributed by atoms with Crippen molar-refractivity contribution in [2.45, 2.75) is 29.6 Å². The summed E-state index contributed by atoms with van der Waals surface area (Å²) in [5.74, 6) is -0.404. The van der Waals surface area contributed by atoms with Crippen LogP contribution in [0.2, 0.25) is 10.0 Å². The summed E-state index contributed by atoms with van der Waals surface area (Å²) in [6.07, 6.45) is -0.280. The molecule has 7 nitrogen and oxygen atoms in total. The smallest absolute Gasteiger partial charge is 0.293 e. The van der Waals surface area contributed by atoms with Crippen molar-refractivity contribution < 1.29 is 51.3 Å². The van der Waals surface area contributed by atoms with E-state index in [0.29, 0.717) is 22.3 Å². The first kappa shape index (κ1) is 34.8. The SMILES string of the molecule is O=C(c1ccccc1)C(Cc1ccc(C(F)(F)[P+](=O)OO)c(Cl)c1)(Cc1ccc(C(F)(F)[P+](=O)OO)c(Cl)c1)c1ccccc1. The summed E-state index contributed by atoms with van der Waals surface area (Å²) >= 11 is 12.4. The third-order valence-corrected chi connectivity index (χ3v) is 9.45. The van der Waals surface area contributed by atoms with Crippen LogP contribution >= 0.6 is 39.3 Å². The molecule has 2 atom stereocenters. The molecule has 0 radical (unpaired) electrons. The van der Waals surface area contributed by atoms with Gasteiger partial charge in [-0.3, -0.25) is 4.79 Å². The Morgan fingerprint density at radius 3 is 1.44 bits per heavy atom. The fourth-order valence-electron chi connectivity index (χ4n) is 5.00. The number of carbonyl (C=O) groups excluding carboxylic acids is 1. The zero-order valence-electron chi connectivity index (χ0n) is 22.7. The molecule has 0 saturated carbocycles. The van der Waals surface area contributed by atoms with Gasteiger partial charge >= 0.3 is 27.4 Å². The number of hydrogen-bond donors (Lipinski definition) is 2. The maximum atomic E-state index is 14.6. The van der Waals surface area contributed by atoms with Crippen molar-refractivity contribution in [3.8, 4) is 0 Å². The molecule has 2 N–H and O–H groups in total.